The molecule has 1 aromatic carbocycles. The third-order valence-electron chi connectivity index (χ3n) is 2.50. The lowest BCUT2D eigenvalue weighted by Gasteiger charge is -2.13. The Morgan fingerprint density at radius 1 is 1.31 bits per heavy atom. The van der Waals surface area contributed by atoms with Crippen LogP contribution in [0.2, 0.25) is 0 Å². The molecule has 1 N–H and O–H groups in total. The SMILES string of the molecule is C[C@H](NCc1cc(Br)cs1)c1ccccc1. The molecule has 0 radical (unpaired) electrons. The Kier molecular flexibility index (Phi) is 4.16. The molecule has 0 spiro atoms. The van der Waals surface area contributed by atoms with E-state index < -0.39 is 0 Å². The Morgan fingerprint density at radius 2 is 2.06 bits per heavy atom. The van der Waals surface area contributed by atoms with Crippen molar-refractivity contribution in [3.63, 3.8) is 0 Å². The highest BCUT2D eigenvalue weighted by Crippen LogP contribution is 2.20. The van der Waals surface area contributed by atoms with Gasteiger partial charge in [0.1, 0.15) is 0 Å². The van der Waals surface area contributed by atoms with Crippen molar-refractivity contribution in [2.75, 3.05) is 0 Å². The van der Waals surface area contributed by atoms with Gasteiger partial charge in [0.25, 0.3) is 0 Å². The van der Waals surface area contributed by atoms with Gasteiger partial charge < -0.3 is 5.32 Å². The highest BCUT2D eigenvalue weighted by Gasteiger charge is 2.04. The largest absolute Gasteiger partial charge is 0.305 e. The summed E-state index contributed by atoms with van der Waals surface area (Å²) in [6.07, 6.45) is 0. The summed E-state index contributed by atoms with van der Waals surface area (Å²) in [5, 5.41) is 5.63. The van der Waals surface area contributed by atoms with E-state index in [1.807, 2.05) is 6.07 Å². The topological polar surface area (TPSA) is 12.0 Å². The molecule has 0 amide bonds. The maximum absolute atomic E-state index is 3.52. The van der Waals surface area contributed by atoms with E-state index in [9.17, 15) is 0 Å². The van der Waals surface area contributed by atoms with Crippen LogP contribution >= 0.6 is 27.3 Å². The summed E-state index contributed by atoms with van der Waals surface area (Å²) in [5.41, 5.74) is 1.33. The molecule has 1 nitrogen and oxygen atoms in total. The second-order valence-electron chi connectivity index (χ2n) is 3.74. The summed E-state index contributed by atoms with van der Waals surface area (Å²) < 4.78 is 1.17. The fourth-order valence-corrected chi connectivity index (χ4v) is 2.96. The van der Waals surface area contributed by atoms with Crippen LogP contribution in [0.25, 0.3) is 0 Å². The van der Waals surface area contributed by atoms with Crippen molar-refractivity contribution in [1.82, 2.24) is 5.32 Å². The van der Waals surface area contributed by atoms with Crippen molar-refractivity contribution in [3.8, 4) is 0 Å². The number of halogens is 1. The van der Waals surface area contributed by atoms with Gasteiger partial charge in [-0.2, -0.15) is 0 Å². The van der Waals surface area contributed by atoms with Crippen molar-refractivity contribution in [3.05, 3.63) is 56.7 Å². The Hall–Kier alpha value is -0.640. The second kappa shape index (κ2) is 5.62. The van der Waals surface area contributed by atoms with E-state index >= 15 is 0 Å². The minimum atomic E-state index is 0.391. The molecule has 84 valence electrons. The number of hydrogen-bond donors (Lipinski definition) is 1. The zero-order valence-corrected chi connectivity index (χ0v) is 11.5. The van der Waals surface area contributed by atoms with E-state index in [-0.39, 0.29) is 0 Å². The predicted octanol–water partition coefficient (Wildman–Crippen LogP) is 4.36. The van der Waals surface area contributed by atoms with Gasteiger partial charge in [-0.3, -0.25) is 0 Å². The molecule has 1 heterocycles. The van der Waals surface area contributed by atoms with E-state index in [0.717, 1.165) is 6.54 Å². The number of nitrogens with one attached hydrogen (secondary N) is 1. The summed E-state index contributed by atoms with van der Waals surface area (Å²) in [4.78, 5) is 1.36. The predicted molar refractivity (Wildman–Crippen MR) is 73.7 cm³/mol. The minimum Gasteiger partial charge on any atom is -0.305 e. The van der Waals surface area contributed by atoms with Gasteiger partial charge in [-0.05, 0) is 34.5 Å². The average molecular weight is 296 g/mol. The van der Waals surface area contributed by atoms with Crippen molar-refractivity contribution in [2.24, 2.45) is 0 Å². The maximum Gasteiger partial charge on any atom is 0.0305 e. The summed E-state index contributed by atoms with van der Waals surface area (Å²) in [6.45, 7) is 3.12. The van der Waals surface area contributed by atoms with Crippen molar-refractivity contribution >= 4 is 27.3 Å². The maximum atomic E-state index is 3.52. The quantitative estimate of drug-likeness (QED) is 0.884. The molecule has 0 saturated heterocycles. The number of benzene rings is 1. The highest BCUT2D eigenvalue weighted by molar-refractivity contribution is 9.10. The second-order valence-corrected chi connectivity index (χ2v) is 5.66. The molecule has 0 aliphatic rings. The number of thiophene rings is 1. The van der Waals surface area contributed by atoms with Gasteiger partial charge in [0.2, 0.25) is 0 Å². The molecule has 0 aliphatic carbocycles. The Labute approximate surface area is 109 Å². The van der Waals surface area contributed by atoms with Gasteiger partial charge >= 0.3 is 0 Å². The zero-order chi connectivity index (χ0) is 11.4. The summed E-state index contributed by atoms with van der Waals surface area (Å²) in [6, 6.07) is 13.1. The van der Waals surface area contributed by atoms with E-state index in [4.69, 9.17) is 0 Å². The number of rotatable bonds is 4. The first kappa shape index (κ1) is 11.8. The van der Waals surface area contributed by atoms with Crippen LogP contribution in [0.4, 0.5) is 0 Å². The van der Waals surface area contributed by atoms with Crippen LogP contribution in [-0.2, 0) is 6.54 Å². The van der Waals surface area contributed by atoms with Crippen molar-refractivity contribution in [2.45, 2.75) is 19.5 Å². The molecule has 0 unspecified atom stereocenters. The first-order valence-corrected chi connectivity index (χ1v) is 6.94. The van der Waals surface area contributed by atoms with Crippen LogP contribution in [0.3, 0.4) is 0 Å². The third kappa shape index (κ3) is 3.17. The molecule has 0 bridgehead atoms. The van der Waals surface area contributed by atoms with Gasteiger partial charge in [0.05, 0.1) is 0 Å². The van der Waals surface area contributed by atoms with Crippen LogP contribution in [0.15, 0.2) is 46.3 Å². The number of hydrogen-bond acceptors (Lipinski definition) is 2. The molecule has 0 aliphatic heterocycles. The van der Waals surface area contributed by atoms with Gasteiger partial charge in [0, 0.05) is 27.3 Å². The molecule has 3 heteroatoms. The van der Waals surface area contributed by atoms with Crippen LogP contribution in [0.5, 0.6) is 0 Å². The Morgan fingerprint density at radius 3 is 2.69 bits per heavy atom. The van der Waals surface area contributed by atoms with E-state index in [2.05, 4.69) is 63.9 Å². The lowest BCUT2D eigenvalue weighted by Crippen LogP contribution is -2.17. The van der Waals surface area contributed by atoms with E-state index in [0.29, 0.717) is 6.04 Å². The third-order valence-corrected chi connectivity index (χ3v) is 4.20. The molecular formula is C13H14BrNS. The first-order valence-electron chi connectivity index (χ1n) is 5.27. The fraction of sp³-hybridized carbons (Fsp3) is 0.231. The Balaban J connectivity index is 1.91. The van der Waals surface area contributed by atoms with Gasteiger partial charge in [-0.1, -0.05) is 30.3 Å². The van der Waals surface area contributed by atoms with Crippen LogP contribution < -0.4 is 5.32 Å². The molecule has 0 fully saturated rings. The van der Waals surface area contributed by atoms with Crippen LogP contribution in [0.1, 0.15) is 23.4 Å². The standard InChI is InChI=1S/C13H14BrNS/c1-10(11-5-3-2-4-6-11)15-8-13-7-12(14)9-16-13/h2-7,9-10,15H,8H2,1H3/t10-/m0/s1. The average Bonchev–Trinajstić information content (AvgIpc) is 2.73. The van der Waals surface area contributed by atoms with E-state index in [1.165, 1.54) is 14.9 Å². The van der Waals surface area contributed by atoms with Crippen LogP contribution in [0, 0.1) is 0 Å². The zero-order valence-electron chi connectivity index (χ0n) is 9.11. The van der Waals surface area contributed by atoms with Crippen molar-refractivity contribution in [1.29, 1.82) is 0 Å². The molecular weight excluding hydrogens is 282 g/mol. The summed E-state index contributed by atoms with van der Waals surface area (Å²) in [5.74, 6) is 0. The monoisotopic (exact) mass is 295 g/mol. The van der Waals surface area contributed by atoms with Gasteiger partial charge in [-0.25, -0.2) is 0 Å². The normalized spacial score (nSPS) is 12.6. The minimum absolute atomic E-state index is 0.391. The summed E-state index contributed by atoms with van der Waals surface area (Å²) >= 11 is 5.24. The fourth-order valence-electron chi connectivity index (χ4n) is 1.56. The van der Waals surface area contributed by atoms with Gasteiger partial charge in [-0.15, -0.1) is 11.3 Å². The summed E-state index contributed by atoms with van der Waals surface area (Å²) in [7, 11) is 0. The molecule has 2 aromatic rings. The van der Waals surface area contributed by atoms with Crippen LogP contribution in [-0.4, -0.2) is 0 Å². The highest BCUT2D eigenvalue weighted by atomic mass is 79.9. The smallest absolute Gasteiger partial charge is 0.0305 e. The molecule has 0 saturated carbocycles. The lowest BCUT2D eigenvalue weighted by molar-refractivity contribution is 0.579. The van der Waals surface area contributed by atoms with E-state index in [1.54, 1.807) is 11.3 Å². The molecule has 16 heavy (non-hydrogen) atoms. The molecule has 1 atom stereocenters. The first-order chi connectivity index (χ1) is 7.75. The molecule has 2 rings (SSSR count). The Bertz CT molecular complexity index is 438. The van der Waals surface area contributed by atoms with Gasteiger partial charge in [0.15, 0.2) is 0 Å². The molecule has 1 aromatic heterocycles. The van der Waals surface area contributed by atoms with Crippen molar-refractivity contribution < 1.29 is 0 Å². The lowest BCUT2D eigenvalue weighted by atomic mass is 10.1.